The summed E-state index contributed by atoms with van der Waals surface area (Å²) >= 11 is 0. The Balaban J connectivity index is 2.56. The van der Waals surface area contributed by atoms with Gasteiger partial charge in [0.1, 0.15) is 0 Å². The first kappa shape index (κ1) is 12.8. The van der Waals surface area contributed by atoms with E-state index in [9.17, 15) is 0 Å². The molecule has 1 aromatic heterocycles. The summed E-state index contributed by atoms with van der Waals surface area (Å²) in [6.07, 6.45) is 2.76. The van der Waals surface area contributed by atoms with Crippen molar-refractivity contribution in [1.82, 2.24) is 9.78 Å². The Morgan fingerprint density at radius 3 is 2.62 bits per heavy atom. The van der Waals surface area contributed by atoms with Crippen molar-refractivity contribution in [3.63, 3.8) is 0 Å². The van der Waals surface area contributed by atoms with Gasteiger partial charge >= 0.3 is 0 Å². The molecule has 3 nitrogen and oxygen atoms in total. The van der Waals surface area contributed by atoms with E-state index in [4.69, 9.17) is 5.73 Å². The van der Waals surface area contributed by atoms with E-state index in [1.165, 1.54) is 11.3 Å². The van der Waals surface area contributed by atoms with Crippen molar-refractivity contribution in [3.05, 3.63) is 17.0 Å². The van der Waals surface area contributed by atoms with Crippen LogP contribution in [0, 0.1) is 25.7 Å². The third-order valence-corrected chi connectivity index (χ3v) is 2.97. The van der Waals surface area contributed by atoms with Crippen LogP contribution in [0.1, 0.15) is 36.7 Å². The van der Waals surface area contributed by atoms with Crippen molar-refractivity contribution in [2.75, 3.05) is 0 Å². The molecule has 3 heteroatoms. The molecule has 0 aliphatic carbocycles. The number of nitrogens with zero attached hydrogens (tertiary/aromatic N) is 2. The Bertz CT molecular complexity index is 407. The van der Waals surface area contributed by atoms with Gasteiger partial charge in [0.2, 0.25) is 0 Å². The summed E-state index contributed by atoms with van der Waals surface area (Å²) in [5.41, 5.74) is 9.68. The van der Waals surface area contributed by atoms with E-state index in [1.807, 2.05) is 18.7 Å². The predicted molar refractivity (Wildman–Crippen MR) is 67.0 cm³/mol. The fraction of sp³-hybridized carbons (Fsp3) is 0.615. The minimum absolute atomic E-state index is 0.173. The molecule has 0 radical (unpaired) electrons. The van der Waals surface area contributed by atoms with Crippen molar-refractivity contribution >= 4 is 0 Å². The van der Waals surface area contributed by atoms with E-state index in [2.05, 4.69) is 30.8 Å². The van der Waals surface area contributed by atoms with Gasteiger partial charge in [0.15, 0.2) is 0 Å². The monoisotopic (exact) mass is 219 g/mol. The SMILES string of the molecule is CC#CCC(N)CCc1c(C)nn(C)c1C. The molecule has 0 fully saturated rings. The summed E-state index contributed by atoms with van der Waals surface area (Å²) in [6, 6.07) is 0.173. The van der Waals surface area contributed by atoms with Gasteiger partial charge in [-0.2, -0.15) is 5.10 Å². The molecule has 0 bridgehead atoms. The second kappa shape index (κ2) is 5.72. The molecule has 1 heterocycles. The minimum Gasteiger partial charge on any atom is -0.327 e. The van der Waals surface area contributed by atoms with E-state index >= 15 is 0 Å². The molecule has 0 aromatic carbocycles. The zero-order valence-electron chi connectivity index (χ0n) is 10.7. The Kier molecular flexibility index (Phi) is 4.57. The number of aromatic nitrogens is 2. The Hall–Kier alpha value is -1.27. The molecule has 0 aliphatic heterocycles. The summed E-state index contributed by atoms with van der Waals surface area (Å²) in [5.74, 6) is 5.90. The Morgan fingerprint density at radius 2 is 2.12 bits per heavy atom. The van der Waals surface area contributed by atoms with E-state index in [0.717, 1.165) is 25.0 Å². The summed E-state index contributed by atoms with van der Waals surface area (Å²) < 4.78 is 1.93. The molecular weight excluding hydrogens is 198 g/mol. The van der Waals surface area contributed by atoms with Gasteiger partial charge in [-0.3, -0.25) is 4.68 Å². The molecule has 2 N–H and O–H groups in total. The van der Waals surface area contributed by atoms with Crippen molar-refractivity contribution in [2.45, 2.75) is 46.1 Å². The Morgan fingerprint density at radius 1 is 1.44 bits per heavy atom. The van der Waals surface area contributed by atoms with Crippen LogP contribution in [-0.2, 0) is 13.5 Å². The van der Waals surface area contributed by atoms with Gasteiger partial charge in [0.05, 0.1) is 5.69 Å². The lowest BCUT2D eigenvalue weighted by atomic mass is 10.0. The van der Waals surface area contributed by atoms with Crippen LogP contribution in [0.15, 0.2) is 0 Å². The van der Waals surface area contributed by atoms with Crippen molar-refractivity contribution in [1.29, 1.82) is 0 Å². The first-order valence-corrected chi connectivity index (χ1v) is 5.70. The normalized spacial score (nSPS) is 12.1. The molecule has 0 aliphatic rings. The maximum atomic E-state index is 5.98. The molecule has 1 rings (SSSR count). The lowest BCUT2D eigenvalue weighted by molar-refractivity contribution is 0.625. The van der Waals surface area contributed by atoms with Crippen LogP contribution in [0.4, 0.5) is 0 Å². The third kappa shape index (κ3) is 3.11. The first-order valence-electron chi connectivity index (χ1n) is 5.70. The van der Waals surface area contributed by atoms with Gasteiger partial charge in [0, 0.05) is 25.2 Å². The number of nitrogens with two attached hydrogens (primary N) is 1. The molecule has 1 unspecified atom stereocenters. The molecule has 1 atom stereocenters. The Labute approximate surface area is 98.0 Å². The largest absolute Gasteiger partial charge is 0.327 e. The molecule has 0 saturated carbocycles. The van der Waals surface area contributed by atoms with E-state index < -0.39 is 0 Å². The van der Waals surface area contributed by atoms with Crippen molar-refractivity contribution in [2.24, 2.45) is 12.8 Å². The van der Waals surface area contributed by atoms with Gasteiger partial charge in [0.25, 0.3) is 0 Å². The van der Waals surface area contributed by atoms with E-state index in [-0.39, 0.29) is 6.04 Å². The summed E-state index contributed by atoms with van der Waals surface area (Å²) in [4.78, 5) is 0. The molecule has 0 saturated heterocycles. The van der Waals surface area contributed by atoms with Crippen LogP contribution >= 0.6 is 0 Å². The molecule has 88 valence electrons. The van der Waals surface area contributed by atoms with Crippen LogP contribution in [-0.4, -0.2) is 15.8 Å². The molecule has 16 heavy (non-hydrogen) atoms. The van der Waals surface area contributed by atoms with Crippen LogP contribution in [0.5, 0.6) is 0 Å². The van der Waals surface area contributed by atoms with Gasteiger partial charge in [-0.15, -0.1) is 11.8 Å². The molecular formula is C13H21N3. The summed E-state index contributed by atoms with van der Waals surface area (Å²) in [7, 11) is 1.98. The van der Waals surface area contributed by atoms with Crippen LogP contribution in [0.2, 0.25) is 0 Å². The maximum Gasteiger partial charge on any atom is 0.0628 e. The molecule has 0 spiro atoms. The fourth-order valence-corrected chi connectivity index (χ4v) is 1.84. The van der Waals surface area contributed by atoms with Gasteiger partial charge in [-0.1, -0.05) is 0 Å². The standard InChI is InChI=1S/C13H21N3/c1-5-6-7-12(14)8-9-13-10(2)15-16(4)11(13)3/h12H,7-9,14H2,1-4H3. The first-order chi connectivity index (χ1) is 7.56. The van der Waals surface area contributed by atoms with Gasteiger partial charge in [-0.25, -0.2) is 0 Å². The quantitative estimate of drug-likeness (QED) is 0.783. The second-order valence-electron chi connectivity index (χ2n) is 4.20. The zero-order valence-corrected chi connectivity index (χ0v) is 10.7. The van der Waals surface area contributed by atoms with Crippen molar-refractivity contribution < 1.29 is 0 Å². The molecule has 0 amide bonds. The second-order valence-corrected chi connectivity index (χ2v) is 4.20. The fourth-order valence-electron chi connectivity index (χ4n) is 1.84. The maximum absolute atomic E-state index is 5.98. The summed E-state index contributed by atoms with van der Waals surface area (Å²) in [6.45, 7) is 6.01. The van der Waals surface area contributed by atoms with E-state index in [0.29, 0.717) is 0 Å². The average molecular weight is 219 g/mol. The topological polar surface area (TPSA) is 43.8 Å². The number of hydrogen-bond donors (Lipinski definition) is 1. The van der Waals surface area contributed by atoms with Gasteiger partial charge in [-0.05, 0) is 39.2 Å². The van der Waals surface area contributed by atoms with Crippen LogP contribution in [0.3, 0.4) is 0 Å². The lowest BCUT2D eigenvalue weighted by Gasteiger charge is -2.08. The highest BCUT2D eigenvalue weighted by atomic mass is 15.3. The summed E-state index contributed by atoms with van der Waals surface area (Å²) in [5, 5.41) is 4.40. The molecule has 1 aromatic rings. The predicted octanol–water partition coefficient (Wildman–Crippen LogP) is 1.71. The van der Waals surface area contributed by atoms with Crippen LogP contribution in [0.25, 0.3) is 0 Å². The smallest absolute Gasteiger partial charge is 0.0628 e. The highest BCUT2D eigenvalue weighted by Crippen LogP contribution is 2.15. The number of rotatable bonds is 4. The number of hydrogen-bond acceptors (Lipinski definition) is 2. The highest BCUT2D eigenvalue weighted by Gasteiger charge is 2.10. The zero-order chi connectivity index (χ0) is 12.1. The van der Waals surface area contributed by atoms with Crippen LogP contribution < -0.4 is 5.73 Å². The minimum atomic E-state index is 0.173. The third-order valence-electron chi connectivity index (χ3n) is 2.97. The number of aryl methyl sites for hydroxylation is 2. The van der Waals surface area contributed by atoms with Crippen molar-refractivity contribution in [3.8, 4) is 11.8 Å². The van der Waals surface area contributed by atoms with Gasteiger partial charge < -0.3 is 5.73 Å². The van der Waals surface area contributed by atoms with E-state index in [1.54, 1.807) is 0 Å². The lowest BCUT2D eigenvalue weighted by Crippen LogP contribution is -2.20. The average Bonchev–Trinajstić information content (AvgIpc) is 2.48. The highest BCUT2D eigenvalue weighted by molar-refractivity contribution is 5.24.